The summed E-state index contributed by atoms with van der Waals surface area (Å²) in [4.78, 5) is 12.1. The molecule has 1 aromatic heterocycles. The fraction of sp³-hybridized carbons (Fsp3) is 0.385. The Morgan fingerprint density at radius 2 is 2.17 bits per heavy atom. The van der Waals surface area contributed by atoms with Crippen LogP contribution in [0.1, 0.15) is 23.3 Å². The van der Waals surface area contributed by atoms with Gasteiger partial charge in [0.05, 0.1) is 11.6 Å². The molecule has 1 aromatic carbocycles. The maximum atomic E-state index is 12.1. The number of nitrogens with one attached hydrogen (secondary N) is 1. The van der Waals surface area contributed by atoms with Gasteiger partial charge < -0.3 is 10.4 Å². The summed E-state index contributed by atoms with van der Waals surface area (Å²) in [5.74, 6) is -0.163. The van der Waals surface area contributed by atoms with Crippen molar-refractivity contribution in [2.45, 2.75) is 25.0 Å². The first-order chi connectivity index (χ1) is 8.65. The van der Waals surface area contributed by atoms with E-state index < -0.39 is 0 Å². The number of nitrogens with zero attached hydrogens (tertiary/aromatic N) is 2. The SMILES string of the molecule is Cn1nc(C(=O)NC2CC(O)C2)c2ccccc21. The van der Waals surface area contributed by atoms with Crippen LogP contribution in [0.15, 0.2) is 24.3 Å². The predicted molar refractivity (Wildman–Crippen MR) is 67.2 cm³/mol. The molecule has 1 heterocycles. The van der Waals surface area contributed by atoms with Gasteiger partial charge in [-0.1, -0.05) is 18.2 Å². The minimum absolute atomic E-state index is 0.0771. The van der Waals surface area contributed by atoms with Gasteiger partial charge in [-0.25, -0.2) is 0 Å². The van der Waals surface area contributed by atoms with Crippen LogP contribution in [-0.4, -0.2) is 32.9 Å². The Kier molecular flexibility index (Phi) is 2.56. The Bertz CT molecular complexity index is 599. The van der Waals surface area contributed by atoms with Crippen LogP contribution in [0.5, 0.6) is 0 Å². The van der Waals surface area contributed by atoms with E-state index in [1.807, 2.05) is 31.3 Å². The van der Waals surface area contributed by atoms with Crippen LogP contribution in [0.4, 0.5) is 0 Å². The van der Waals surface area contributed by atoms with Crippen molar-refractivity contribution >= 4 is 16.8 Å². The van der Waals surface area contributed by atoms with Crippen LogP contribution < -0.4 is 5.32 Å². The number of rotatable bonds is 2. The van der Waals surface area contributed by atoms with Crippen LogP contribution in [0.25, 0.3) is 10.9 Å². The summed E-state index contributed by atoms with van der Waals surface area (Å²) in [5.41, 5.74) is 1.39. The molecule has 94 valence electrons. The second kappa shape index (κ2) is 4.10. The first-order valence-electron chi connectivity index (χ1n) is 6.06. The highest BCUT2D eigenvalue weighted by Crippen LogP contribution is 2.21. The zero-order valence-electron chi connectivity index (χ0n) is 10.1. The number of aliphatic hydroxyl groups excluding tert-OH is 1. The van der Waals surface area contributed by atoms with Crippen molar-refractivity contribution in [3.05, 3.63) is 30.0 Å². The fourth-order valence-electron chi connectivity index (χ4n) is 2.34. The second-order valence-electron chi connectivity index (χ2n) is 4.78. The molecule has 0 aliphatic heterocycles. The minimum Gasteiger partial charge on any atom is -0.393 e. The molecule has 5 nitrogen and oxygen atoms in total. The smallest absolute Gasteiger partial charge is 0.272 e. The normalized spacial score (nSPS) is 22.8. The summed E-state index contributed by atoms with van der Waals surface area (Å²) in [6.45, 7) is 0. The lowest BCUT2D eigenvalue weighted by Crippen LogP contribution is -2.46. The zero-order valence-corrected chi connectivity index (χ0v) is 10.1. The van der Waals surface area contributed by atoms with Crippen LogP contribution in [0, 0.1) is 0 Å². The second-order valence-corrected chi connectivity index (χ2v) is 4.78. The summed E-state index contributed by atoms with van der Waals surface area (Å²) >= 11 is 0. The van der Waals surface area contributed by atoms with Crippen molar-refractivity contribution in [3.63, 3.8) is 0 Å². The Balaban J connectivity index is 1.87. The molecule has 2 N–H and O–H groups in total. The Labute approximate surface area is 104 Å². The molecule has 18 heavy (non-hydrogen) atoms. The number of hydrogen-bond donors (Lipinski definition) is 2. The topological polar surface area (TPSA) is 67.2 Å². The third kappa shape index (κ3) is 1.76. The molecule has 1 amide bonds. The molecule has 3 rings (SSSR count). The van der Waals surface area contributed by atoms with Crippen molar-refractivity contribution in [3.8, 4) is 0 Å². The molecular weight excluding hydrogens is 230 g/mol. The van der Waals surface area contributed by atoms with E-state index >= 15 is 0 Å². The van der Waals surface area contributed by atoms with E-state index in [9.17, 15) is 9.90 Å². The molecule has 0 unspecified atom stereocenters. The highest BCUT2D eigenvalue weighted by molar-refractivity contribution is 6.04. The number of benzene rings is 1. The molecule has 1 fully saturated rings. The maximum absolute atomic E-state index is 12.1. The van der Waals surface area contributed by atoms with Gasteiger partial charge in [0.2, 0.25) is 0 Å². The Morgan fingerprint density at radius 1 is 1.44 bits per heavy atom. The molecule has 0 spiro atoms. The summed E-state index contributed by atoms with van der Waals surface area (Å²) < 4.78 is 1.71. The third-order valence-corrected chi connectivity index (χ3v) is 3.42. The van der Waals surface area contributed by atoms with Gasteiger partial charge in [0, 0.05) is 18.5 Å². The molecule has 5 heteroatoms. The number of aryl methyl sites for hydroxylation is 1. The number of fused-ring (bicyclic) bond motifs is 1. The molecule has 2 aromatic rings. The maximum Gasteiger partial charge on any atom is 0.272 e. The summed E-state index contributed by atoms with van der Waals surface area (Å²) in [6.07, 6.45) is 1.00. The van der Waals surface area contributed by atoms with Gasteiger partial charge in [-0.2, -0.15) is 5.10 Å². The summed E-state index contributed by atoms with van der Waals surface area (Å²) in [6, 6.07) is 7.73. The van der Waals surface area contributed by atoms with Crippen LogP contribution >= 0.6 is 0 Å². The van der Waals surface area contributed by atoms with Crippen molar-refractivity contribution in [2.24, 2.45) is 7.05 Å². The van der Waals surface area contributed by atoms with Crippen molar-refractivity contribution in [1.29, 1.82) is 0 Å². The third-order valence-electron chi connectivity index (χ3n) is 3.42. The van der Waals surface area contributed by atoms with E-state index in [4.69, 9.17) is 0 Å². The monoisotopic (exact) mass is 245 g/mol. The lowest BCUT2D eigenvalue weighted by atomic mass is 9.89. The average molecular weight is 245 g/mol. The van der Waals surface area contributed by atoms with Crippen LogP contribution in [0.2, 0.25) is 0 Å². The minimum atomic E-state index is -0.268. The first-order valence-corrected chi connectivity index (χ1v) is 6.06. The van der Waals surface area contributed by atoms with E-state index in [0.717, 1.165) is 10.9 Å². The van der Waals surface area contributed by atoms with Gasteiger partial charge in [-0.15, -0.1) is 0 Å². The average Bonchev–Trinajstić information content (AvgIpc) is 2.66. The van der Waals surface area contributed by atoms with Gasteiger partial charge >= 0.3 is 0 Å². The number of carbonyl (C=O) groups excluding carboxylic acids is 1. The van der Waals surface area contributed by atoms with Crippen LogP contribution in [0.3, 0.4) is 0 Å². The number of hydrogen-bond acceptors (Lipinski definition) is 3. The van der Waals surface area contributed by atoms with Gasteiger partial charge in [0.1, 0.15) is 0 Å². The van der Waals surface area contributed by atoms with Crippen LogP contribution in [-0.2, 0) is 7.05 Å². The molecule has 0 radical (unpaired) electrons. The molecule has 0 atom stereocenters. The van der Waals surface area contributed by atoms with E-state index in [-0.39, 0.29) is 18.1 Å². The van der Waals surface area contributed by atoms with Gasteiger partial charge in [0.25, 0.3) is 5.91 Å². The number of amides is 1. The molecule has 0 saturated heterocycles. The standard InChI is InChI=1S/C13H15N3O2/c1-16-11-5-3-2-4-10(11)12(15-16)13(18)14-8-6-9(17)7-8/h2-5,8-9,17H,6-7H2,1H3,(H,14,18). The van der Waals surface area contributed by atoms with E-state index in [1.54, 1.807) is 4.68 Å². The Morgan fingerprint density at radius 3 is 2.89 bits per heavy atom. The lowest BCUT2D eigenvalue weighted by molar-refractivity contribution is 0.0561. The molecular formula is C13H15N3O2. The molecule has 1 aliphatic rings. The van der Waals surface area contributed by atoms with E-state index in [2.05, 4.69) is 10.4 Å². The first kappa shape index (κ1) is 11.2. The highest BCUT2D eigenvalue weighted by atomic mass is 16.3. The summed E-state index contributed by atoms with van der Waals surface area (Å²) in [7, 11) is 1.83. The van der Waals surface area contributed by atoms with E-state index in [0.29, 0.717) is 18.5 Å². The Hall–Kier alpha value is -1.88. The molecule has 1 saturated carbocycles. The van der Waals surface area contributed by atoms with Gasteiger partial charge in [0.15, 0.2) is 5.69 Å². The van der Waals surface area contributed by atoms with Crippen molar-refractivity contribution < 1.29 is 9.90 Å². The molecule has 1 aliphatic carbocycles. The largest absolute Gasteiger partial charge is 0.393 e. The fourth-order valence-corrected chi connectivity index (χ4v) is 2.34. The predicted octanol–water partition coefficient (Wildman–Crippen LogP) is 0.826. The lowest BCUT2D eigenvalue weighted by Gasteiger charge is -2.31. The van der Waals surface area contributed by atoms with Crippen molar-refractivity contribution in [2.75, 3.05) is 0 Å². The van der Waals surface area contributed by atoms with Gasteiger partial charge in [-0.3, -0.25) is 9.48 Å². The number of aliphatic hydroxyl groups is 1. The number of aromatic nitrogens is 2. The van der Waals surface area contributed by atoms with Crippen molar-refractivity contribution in [1.82, 2.24) is 15.1 Å². The zero-order chi connectivity index (χ0) is 12.7. The highest BCUT2D eigenvalue weighted by Gasteiger charge is 2.29. The number of carbonyl (C=O) groups is 1. The quantitative estimate of drug-likeness (QED) is 0.823. The number of para-hydroxylation sites is 1. The van der Waals surface area contributed by atoms with E-state index in [1.165, 1.54) is 0 Å². The molecule has 0 bridgehead atoms. The van der Waals surface area contributed by atoms with Gasteiger partial charge in [-0.05, 0) is 18.9 Å². The summed E-state index contributed by atoms with van der Waals surface area (Å²) in [5, 5.41) is 17.2.